The maximum Gasteiger partial charge on any atom is 0.174 e. The summed E-state index contributed by atoms with van der Waals surface area (Å²) in [6, 6.07) is 12.6. The minimum atomic E-state index is 0.437. The largest absolute Gasteiger partial charge is 0.380 e. The SMILES string of the molecule is Cc1ccc(-c2ccc(-c3n[nH]nc3N)s2)cc1. The Labute approximate surface area is 108 Å². The van der Waals surface area contributed by atoms with Gasteiger partial charge in [-0.25, -0.2) is 0 Å². The minimum absolute atomic E-state index is 0.437. The average Bonchev–Trinajstić information content (AvgIpc) is 2.98. The highest BCUT2D eigenvalue weighted by molar-refractivity contribution is 7.18. The molecular formula is C13H12N4S. The van der Waals surface area contributed by atoms with Gasteiger partial charge in [0.1, 0.15) is 5.69 Å². The molecule has 4 nitrogen and oxygen atoms in total. The number of anilines is 1. The lowest BCUT2D eigenvalue weighted by Crippen LogP contribution is -1.86. The molecule has 0 amide bonds. The van der Waals surface area contributed by atoms with Gasteiger partial charge in [-0.3, -0.25) is 0 Å². The number of nitrogens with zero attached hydrogens (tertiary/aromatic N) is 2. The molecular weight excluding hydrogens is 244 g/mol. The number of hydrogen-bond donors (Lipinski definition) is 2. The number of nitrogens with one attached hydrogen (secondary N) is 1. The van der Waals surface area contributed by atoms with E-state index in [2.05, 4.69) is 52.7 Å². The Morgan fingerprint density at radius 3 is 2.39 bits per heavy atom. The number of nitrogen functional groups attached to an aromatic ring is 1. The first-order valence-corrected chi connectivity index (χ1v) is 6.39. The maximum atomic E-state index is 5.74. The summed E-state index contributed by atoms with van der Waals surface area (Å²) >= 11 is 1.66. The summed E-state index contributed by atoms with van der Waals surface area (Å²) < 4.78 is 0. The first kappa shape index (κ1) is 11.0. The Morgan fingerprint density at radius 2 is 1.72 bits per heavy atom. The Hall–Kier alpha value is -2.14. The van der Waals surface area contributed by atoms with Crippen LogP contribution in [0.4, 0.5) is 5.82 Å². The van der Waals surface area contributed by atoms with Crippen molar-refractivity contribution in [1.82, 2.24) is 15.4 Å². The molecule has 0 saturated carbocycles. The molecule has 0 saturated heterocycles. The van der Waals surface area contributed by atoms with Gasteiger partial charge in [0.05, 0.1) is 4.88 Å². The van der Waals surface area contributed by atoms with Crippen molar-refractivity contribution in [1.29, 1.82) is 0 Å². The fourth-order valence-corrected chi connectivity index (χ4v) is 2.77. The quantitative estimate of drug-likeness (QED) is 0.740. The van der Waals surface area contributed by atoms with Crippen LogP contribution in [0.2, 0.25) is 0 Å². The molecule has 0 aliphatic carbocycles. The standard InChI is InChI=1S/C13H12N4S/c1-8-2-4-9(5-3-8)10-6-7-11(18-10)12-13(14)16-17-15-12/h2-7H,1H3,(H3,14,15,16,17). The molecule has 2 heterocycles. The molecule has 5 heteroatoms. The van der Waals surface area contributed by atoms with Gasteiger partial charge in [-0.1, -0.05) is 29.8 Å². The van der Waals surface area contributed by atoms with Gasteiger partial charge >= 0.3 is 0 Å². The Morgan fingerprint density at radius 1 is 1.00 bits per heavy atom. The molecule has 2 aromatic heterocycles. The molecule has 1 aromatic carbocycles. The maximum absolute atomic E-state index is 5.74. The van der Waals surface area contributed by atoms with Crippen molar-refractivity contribution in [3.05, 3.63) is 42.0 Å². The highest BCUT2D eigenvalue weighted by atomic mass is 32.1. The predicted octanol–water partition coefficient (Wildman–Crippen LogP) is 3.09. The highest BCUT2D eigenvalue weighted by Gasteiger charge is 2.10. The van der Waals surface area contributed by atoms with Gasteiger partial charge in [0.2, 0.25) is 0 Å². The second-order valence-electron chi connectivity index (χ2n) is 4.09. The van der Waals surface area contributed by atoms with Crippen molar-refractivity contribution in [3.63, 3.8) is 0 Å². The van der Waals surface area contributed by atoms with Crippen LogP contribution in [-0.2, 0) is 0 Å². The molecule has 3 aromatic rings. The topological polar surface area (TPSA) is 67.6 Å². The van der Waals surface area contributed by atoms with Crippen LogP contribution >= 0.6 is 11.3 Å². The van der Waals surface area contributed by atoms with E-state index in [1.807, 2.05) is 6.07 Å². The van der Waals surface area contributed by atoms with Crippen molar-refractivity contribution in [2.45, 2.75) is 6.92 Å². The van der Waals surface area contributed by atoms with Crippen molar-refractivity contribution >= 4 is 17.2 Å². The number of H-pyrrole nitrogens is 1. The summed E-state index contributed by atoms with van der Waals surface area (Å²) in [5, 5.41) is 10.4. The summed E-state index contributed by atoms with van der Waals surface area (Å²) in [4.78, 5) is 2.23. The number of aromatic nitrogens is 3. The monoisotopic (exact) mass is 256 g/mol. The van der Waals surface area contributed by atoms with Gasteiger partial charge in [-0.05, 0) is 24.6 Å². The molecule has 0 fully saturated rings. The number of nitrogens with two attached hydrogens (primary N) is 1. The second kappa shape index (κ2) is 4.27. The van der Waals surface area contributed by atoms with Gasteiger partial charge in [0.25, 0.3) is 0 Å². The van der Waals surface area contributed by atoms with E-state index in [4.69, 9.17) is 5.73 Å². The molecule has 3 N–H and O–H groups in total. The number of rotatable bonds is 2. The van der Waals surface area contributed by atoms with Crippen LogP contribution in [-0.4, -0.2) is 15.4 Å². The normalized spacial score (nSPS) is 10.7. The van der Waals surface area contributed by atoms with Crippen LogP contribution in [0.5, 0.6) is 0 Å². The average molecular weight is 256 g/mol. The van der Waals surface area contributed by atoms with Crippen LogP contribution < -0.4 is 5.73 Å². The molecule has 0 atom stereocenters. The van der Waals surface area contributed by atoms with Crippen LogP contribution in [0.25, 0.3) is 21.0 Å². The summed E-state index contributed by atoms with van der Waals surface area (Å²) in [7, 11) is 0. The van der Waals surface area contributed by atoms with Gasteiger partial charge < -0.3 is 5.73 Å². The molecule has 18 heavy (non-hydrogen) atoms. The van der Waals surface area contributed by atoms with Crippen molar-refractivity contribution < 1.29 is 0 Å². The van der Waals surface area contributed by atoms with E-state index in [1.54, 1.807) is 11.3 Å². The fourth-order valence-electron chi connectivity index (χ4n) is 1.76. The van der Waals surface area contributed by atoms with Crippen LogP contribution in [0.3, 0.4) is 0 Å². The summed E-state index contributed by atoms with van der Waals surface area (Å²) in [5.74, 6) is 0.437. The Balaban J connectivity index is 1.99. The third-order valence-corrected chi connectivity index (χ3v) is 3.89. The highest BCUT2D eigenvalue weighted by Crippen LogP contribution is 2.34. The smallest absolute Gasteiger partial charge is 0.174 e. The van der Waals surface area contributed by atoms with Crippen LogP contribution in [0.1, 0.15) is 5.56 Å². The Kier molecular flexibility index (Phi) is 2.60. The molecule has 0 radical (unpaired) electrons. The molecule has 3 rings (SSSR count). The summed E-state index contributed by atoms with van der Waals surface area (Å²) in [5.41, 5.74) is 8.93. The summed E-state index contributed by atoms with van der Waals surface area (Å²) in [6.07, 6.45) is 0. The van der Waals surface area contributed by atoms with E-state index in [0.29, 0.717) is 5.82 Å². The first-order valence-electron chi connectivity index (χ1n) is 5.57. The first-order chi connectivity index (χ1) is 8.74. The number of aromatic amines is 1. The summed E-state index contributed by atoms with van der Waals surface area (Å²) in [6.45, 7) is 2.08. The number of hydrogen-bond acceptors (Lipinski definition) is 4. The van der Waals surface area contributed by atoms with E-state index in [1.165, 1.54) is 16.0 Å². The third-order valence-electron chi connectivity index (χ3n) is 2.75. The van der Waals surface area contributed by atoms with Crippen molar-refractivity contribution in [3.8, 4) is 21.0 Å². The second-order valence-corrected chi connectivity index (χ2v) is 5.17. The number of thiophene rings is 1. The third kappa shape index (κ3) is 1.89. The number of aryl methyl sites for hydroxylation is 1. The van der Waals surface area contributed by atoms with Gasteiger partial charge in [0.15, 0.2) is 5.82 Å². The zero-order valence-corrected chi connectivity index (χ0v) is 10.7. The molecule has 0 aliphatic heterocycles. The molecule has 0 aliphatic rings. The van der Waals surface area contributed by atoms with Crippen LogP contribution in [0, 0.1) is 6.92 Å². The van der Waals surface area contributed by atoms with Crippen molar-refractivity contribution in [2.24, 2.45) is 0 Å². The lowest BCUT2D eigenvalue weighted by Gasteiger charge is -1.97. The fraction of sp³-hybridized carbons (Fsp3) is 0.0769. The molecule has 0 bridgehead atoms. The minimum Gasteiger partial charge on any atom is -0.380 e. The molecule has 0 unspecified atom stereocenters. The Bertz CT molecular complexity index is 666. The van der Waals surface area contributed by atoms with E-state index >= 15 is 0 Å². The van der Waals surface area contributed by atoms with Crippen LogP contribution in [0.15, 0.2) is 36.4 Å². The lowest BCUT2D eigenvalue weighted by molar-refractivity contribution is 0.946. The predicted molar refractivity (Wildman–Crippen MR) is 74.3 cm³/mol. The van der Waals surface area contributed by atoms with E-state index in [0.717, 1.165) is 10.6 Å². The van der Waals surface area contributed by atoms with Gasteiger partial charge in [-0.2, -0.15) is 10.3 Å². The zero-order valence-electron chi connectivity index (χ0n) is 9.84. The van der Waals surface area contributed by atoms with E-state index in [-0.39, 0.29) is 0 Å². The molecule has 90 valence electrons. The number of benzene rings is 1. The van der Waals surface area contributed by atoms with Gasteiger partial charge in [-0.15, -0.1) is 16.4 Å². The molecule has 0 spiro atoms. The van der Waals surface area contributed by atoms with E-state index < -0.39 is 0 Å². The zero-order chi connectivity index (χ0) is 12.5. The van der Waals surface area contributed by atoms with Gasteiger partial charge in [0, 0.05) is 4.88 Å². The van der Waals surface area contributed by atoms with E-state index in [9.17, 15) is 0 Å². The lowest BCUT2D eigenvalue weighted by atomic mass is 10.1. The van der Waals surface area contributed by atoms with Crippen molar-refractivity contribution in [2.75, 3.05) is 5.73 Å².